The van der Waals surface area contributed by atoms with Gasteiger partial charge in [-0.15, -0.1) is 0 Å². The minimum atomic E-state index is -0.0932. The molecule has 4 rings (SSSR count). The zero-order valence-electron chi connectivity index (χ0n) is 20.3. The van der Waals surface area contributed by atoms with Crippen molar-refractivity contribution in [1.82, 2.24) is 0 Å². The molecule has 0 radical (unpaired) electrons. The quantitative estimate of drug-likeness (QED) is 0.460. The van der Waals surface area contributed by atoms with Crippen molar-refractivity contribution in [2.75, 3.05) is 0 Å². The predicted octanol–water partition coefficient (Wildman–Crippen LogP) is 7.72. The fraction of sp³-hybridized carbons (Fsp3) is 0.793. The van der Waals surface area contributed by atoms with E-state index in [0.29, 0.717) is 22.7 Å². The molecule has 0 aromatic heterocycles. The lowest BCUT2D eigenvalue weighted by molar-refractivity contribution is -0.0540. The first kappa shape index (κ1) is 22.4. The Kier molecular flexibility index (Phi) is 6.17. The van der Waals surface area contributed by atoms with Crippen LogP contribution in [0.4, 0.5) is 0 Å². The highest BCUT2D eigenvalue weighted by Gasteiger charge is 2.58. The molecule has 4 aliphatic carbocycles. The number of hydrogen-bond acceptors (Lipinski definition) is 1. The van der Waals surface area contributed by atoms with Gasteiger partial charge in [-0.2, -0.15) is 0 Å². The lowest BCUT2D eigenvalue weighted by Crippen LogP contribution is -2.50. The second-order valence-corrected chi connectivity index (χ2v) is 12.0. The van der Waals surface area contributed by atoms with Gasteiger partial charge in [-0.05, 0) is 111 Å². The molecule has 7 unspecified atom stereocenters. The zero-order chi connectivity index (χ0) is 21.7. The second-order valence-electron chi connectivity index (χ2n) is 12.0. The van der Waals surface area contributed by atoms with Gasteiger partial charge in [0.1, 0.15) is 0 Å². The number of rotatable bonds is 5. The summed E-state index contributed by atoms with van der Waals surface area (Å²) < 4.78 is 0. The molecule has 0 saturated heterocycles. The molecule has 4 aliphatic rings. The normalized spacial score (nSPS) is 45.3. The lowest BCUT2D eigenvalue weighted by Gasteiger charge is -2.58. The van der Waals surface area contributed by atoms with Crippen LogP contribution in [0.15, 0.2) is 36.0 Å². The predicted molar refractivity (Wildman–Crippen MR) is 128 cm³/mol. The summed E-state index contributed by atoms with van der Waals surface area (Å²) >= 11 is 0. The van der Waals surface area contributed by atoms with Crippen LogP contribution < -0.4 is 0 Å². The molecule has 1 N–H and O–H groups in total. The van der Waals surface area contributed by atoms with Crippen molar-refractivity contribution >= 4 is 0 Å². The van der Waals surface area contributed by atoms with Crippen LogP contribution in [-0.4, -0.2) is 11.2 Å². The SMILES string of the molecule is C=C(C)C(C=CC(C)C1CCC2C3CC=C4CC(O)CC[C@]4(C)C3CC[C@]12C)CC. The van der Waals surface area contributed by atoms with Crippen LogP contribution in [0, 0.1) is 46.3 Å². The van der Waals surface area contributed by atoms with E-state index >= 15 is 0 Å². The molecule has 0 bridgehead atoms. The summed E-state index contributed by atoms with van der Waals surface area (Å²) in [5.74, 6) is 4.64. The van der Waals surface area contributed by atoms with Crippen LogP contribution >= 0.6 is 0 Å². The summed E-state index contributed by atoms with van der Waals surface area (Å²) in [6, 6.07) is 0. The van der Waals surface area contributed by atoms with Crippen molar-refractivity contribution in [3.05, 3.63) is 36.0 Å². The van der Waals surface area contributed by atoms with E-state index in [9.17, 15) is 5.11 Å². The van der Waals surface area contributed by atoms with Crippen LogP contribution in [-0.2, 0) is 0 Å². The van der Waals surface area contributed by atoms with Crippen molar-refractivity contribution < 1.29 is 5.11 Å². The van der Waals surface area contributed by atoms with Gasteiger partial charge in [0.15, 0.2) is 0 Å². The molecule has 0 heterocycles. The number of allylic oxidation sites excluding steroid dienone is 4. The molecule has 1 nitrogen and oxygen atoms in total. The van der Waals surface area contributed by atoms with Crippen molar-refractivity contribution in [1.29, 1.82) is 0 Å². The minimum absolute atomic E-state index is 0.0932. The Morgan fingerprint density at radius 3 is 2.63 bits per heavy atom. The monoisotopic (exact) mass is 410 g/mol. The van der Waals surface area contributed by atoms with Gasteiger partial charge in [-0.3, -0.25) is 0 Å². The largest absolute Gasteiger partial charge is 0.393 e. The van der Waals surface area contributed by atoms with Crippen LogP contribution in [0.3, 0.4) is 0 Å². The van der Waals surface area contributed by atoms with Crippen LogP contribution in [0.2, 0.25) is 0 Å². The Hall–Kier alpha value is -0.820. The summed E-state index contributed by atoms with van der Waals surface area (Å²) in [4.78, 5) is 0. The highest BCUT2D eigenvalue weighted by molar-refractivity contribution is 5.25. The maximum atomic E-state index is 10.2. The summed E-state index contributed by atoms with van der Waals surface area (Å²) in [7, 11) is 0. The Bertz CT molecular complexity index is 716. The Morgan fingerprint density at radius 1 is 1.17 bits per heavy atom. The molecule has 1 heteroatoms. The van der Waals surface area contributed by atoms with Crippen LogP contribution in [0.1, 0.15) is 92.4 Å². The molecule has 0 aliphatic heterocycles. The van der Waals surface area contributed by atoms with Crippen molar-refractivity contribution in [2.45, 2.75) is 98.5 Å². The fourth-order valence-corrected chi connectivity index (χ4v) is 8.64. The van der Waals surface area contributed by atoms with E-state index in [2.05, 4.69) is 59.4 Å². The van der Waals surface area contributed by atoms with E-state index in [1.54, 1.807) is 5.57 Å². The third-order valence-corrected chi connectivity index (χ3v) is 10.5. The summed E-state index contributed by atoms with van der Waals surface area (Å²) in [6.07, 6.45) is 18.7. The number of hydrogen-bond donors (Lipinski definition) is 1. The van der Waals surface area contributed by atoms with E-state index in [1.165, 1.54) is 44.1 Å². The molecular weight excluding hydrogens is 364 g/mol. The van der Waals surface area contributed by atoms with E-state index < -0.39 is 0 Å². The average molecular weight is 411 g/mol. The van der Waals surface area contributed by atoms with Crippen molar-refractivity contribution in [2.24, 2.45) is 46.3 Å². The Labute approximate surface area is 186 Å². The molecule has 3 saturated carbocycles. The zero-order valence-corrected chi connectivity index (χ0v) is 20.3. The van der Waals surface area contributed by atoms with Gasteiger partial charge < -0.3 is 5.11 Å². The Balaban J connectivity index is 1.53. The molecule has 0 aromatic carbocycles. The van der Waals surface area contributed by atoms with E-state index in [1.807, 2.05) is 0 Å². The van der Waals surface area contributed by atoms with Crippen molar-refractivity contribution in [3.63, 3.8) is 0 Å². The number of fused-ring (bicyclic) bond motifs is 5. The first-order chi connectivity index (χ1) is 14.2. The topological polar surface area (TPSA) is 20.2 Å². The lowest BCUT2D eigenvalue weighted by atomic mass is 9.47. The molecule has 0 aromatic rings. The standard InChI is InChI=1S/C29H46O/c1-7-21(19(2)3)9-8-20(4)25-12-13-26-24-11-10-22-18-23(30)14-16-28(22,5)27(24)15-17-29(25,26)6/h8-10,20-21,23-27,30H,2,7,11-18H2,1,3-6H3/t20?,21?,23?,24?,25?,26?,27?,28-,29+/m0/s1. The molecule has 0 spiro atoms. The molecule has 9 atom stereocenters. The molecule has 168 valence electrons. The maximum absolute atomic E-state index is 10.2. The second kappa shape index (κ2) is 8.27. The summed E-state index contributed by atoms with van der Waals surface area (Å²) in [5, 5.41) is 10.2. The van der Waals surface area contributed by atoms with Gasteiger partial charge >= 0.3 is 0 Å². The highest BCUT2D eigenvalue weighted by atomic mass is 16.3. The first-order valence-corrected chi connectivity index (χ1v) is 12.9. The summed E-state index contributed by atoms with van der Waals surface area (Å²) in [6.45, 7) is 16.3. The molecular formula is C29H46O. The highest BCUT2D eigenvalue weighted by Crippen LogP contribution is 2.67. The smallest absolute Gasteiger partial charge is 0.0577 e. The van der Waals surface area contributed by atoms with Crippen LogP contribution in [0.25, 0.3) is 0 Å². The fourth-order valence-electron chi connectivity index (χ4n) is 8.64. The number of aliphatic hydroxyl groups is 1. The molecule has 30 heavy (non-hydrogen) atoms. The van der Waals surface area contributed by atoms with Gasteiger partial charge in [-0.1, -0.05) is 63.6 Å². The van der Waals surface area contributed by atoms with Gasteiger partial charge in [0.2, 0.25) is 0 Å². The molecule has 3 fully saturated rings. The summed E-state index contributed by atoms with van der Waals surface area (Å²) in [5.41, 5.74) is 3.77. The first-order valence-electron chi connectivity index (χ1n) is 12.9. The maximum Gasteiger partial charge on any atom is 0.0577 e. The van der Waals surface area contributed by atoms with Crippen LogP contribution in [0.5, 0.6) is 0 Å². The third kappa shape index (κ3) is 3.58. The van der Waals surface area contributed by atoms with Gasteiger partial charge in [0, 0.05) is 0 Å². The van der Waals surface area contributed by atoms with Gasteiger partial charge in [-0.25, -0.2) is 0 Å². The van der Waals surface area contributed by atoms with E-state index in [4.69, 9.17) is 0 Å². The average Bonchev–Trinajstić information content (AvgIpc) is 3.06. The Morgan fingerprint density at radius 2 is 1.93 bits per heavy atom. The van der Waals surface area contributed by atoms with E-state index in [-0.39, 0.29) is 6.10 Å². The molecule has 0 amide bonds. The van der Waals surface area contributed by atoms with E-state index in [0.717, 1.165) is 42.9 Å². The number of aliphatic hydroxyl groups excluding tert-OH is 1. The van der Waals surface area contributed by atoms with Crippen molar-refractivity contribution in [3.8, 4) is 0 Å². The van der Waals surface area contributed by atoms with Gasteiger partial charge in [0.25, 0.3) is 0 Å². The minimum Gasteiger partial charge on any atom is -0.393 e. The van der Waals surface area contributed by atoms with Gasteiger partial charge in [0.05, 0.1) is 6.10 Å². The third-order valence-electron chi connectivity index (χ3n) is 10.5.